The van der Waals surface area contributed by atoms with Gasteiger partial charge < -0.3 is 9.47 Å². The molecule has 0 aromatic heterocycles. The number of carbonyl (C=O) groups excluding carboxylic acids is 2. The fraction of sp³-hybridized carbons (Fsp3) is 0.500. The van der Waals surface area contributed by atoms with Gasteiger partial charge in [-0.25, -0.2) is 4.79 Å². The molecular weight excluding hydrogens is 398 g/mol. The Hall–Kier alpha value is -2.39. The molecule has 0 saturated carbocycles. The van der Waals surface area contributed by atoms with Crippen molar-refractivity contribution >= 4 is 22.2 Å². The molecule has 1 heterocycles. The van der Waals surface area contributed by atoms with Gasteiger partial charge in [0, 0.05) is 14.9 Å². The monoisotopic (exact) mass is 427 g/mol. The van der Waals surface area contributed by atoms with Crippen molar-refractivity contribution in [1.82, 2.24) is 4.90 Å². The summed E-state index contributed by atoms with van der Waals surface area (Å²) in [5.74, 6) is -0.615. The Morgan fingerprint density at radius 2 is 1.86 bits per heavy atom. The van der Waals surface area contributed by atoms with Crippen LogP contribution < -0.4 is 0 Å². The van der Waals surface area contributed by atoms with Crippen molar-refractivity contribution in [2.45, 2.75) is 57.3 Å². The van der Waals surface area contributed by atoms with Crippen LogP contribution in [-0.4, -0.2) is 56.3 Å². The van der Waals surface area contributed by atoms with E-state index in [0.29, 0.717) is 0 Å². The van der Waals surface area contributed by atoms with E-state index in [4.69, 9.17) is 13.7 Å². The highest BCUT2D eigenvalue weighted by Crippen LogP contribution is 2.22. The number of nitrogens with zero attached hydrogens (tertiary/aromatic N) is 1. The third-order valence-corrected chi connectivity index (χ3v) is 5.31. The molecule has 9 heteroatoms. The number of hydrogen-bond acceptors (Lipinski definition) is 7. The molecule has 1 amide bonds. The lowest BCUT2D eigenvalue weighted by Gasteiger charge is -2.32. The van der Waals surface area contributed by atoms with E-state index in [2.05, 4.69) is 0 Å². The molecule has 0 N–H and O–H groups in total. The zero-order valence-electron chi connectivity index (χ0n) is 17.2. The van der Waals surface area contributed by atoms with Gasteiger partial charge in [0.15, 0.2) is 6.10 Å². The fourth-order valence-electron chi connectivity index (χ4n) is 2.73. The van der Waals surface area contributed by atoms with Gasteiger partial charge in [0.2, 0.25) is 0 Å². The van der Waals surface area contributed by atoms with E-state index < -0.39 is 46.5 Å². The highest BCUT2D eigenvalue weighted by atomic mass is 32.2. The SMILES string of the molecule is CC(=O)O[C@H](COS(=O)(=O)c1ccc(C)cc1)C1C=CCN1C(=O)OC(C)(C)C.[HH]. The quantitative estimate of drug-likeness (QED) is 0.391. The van der Waals surface area contributed by atoms with E-state index in [1.165, 1.54) is 24.0 Å². The van der Waals surface area contributed by atoms with Crippen LogP contribution in [0.15, 0.2) is 41.3 Å². The van der Waals surface area contributed by atoms with Crippen LogP contribution in [0.5, 0.6) is 0 Å². The van der Waals surface area contributed by atoms with E-state index in [1.807, 2.05) is 6.92 Å². The number of aryl methyl sites for hydroxylation is 1. The number of esters is 1. The van der Waals surface area contributed by atoms with Crippen molar-refractivity contribution < 1.29 is 33.1 Å². The van der Waals surface area contributed by atoms with E-state index >= 15 is 0 Å². The maximum atomic E-state index is 12.5. The zero-order valence-corrected chi connectivity index (χ0v) is 18.1. The Labute approximate surface area is 173 Å². The number of rotatable bonds is 6. The molecule has 0 aliphatic carbocycles. The first-order valence-corrected chi connectivity index (χ1v) is 10.6. The Morgan fingerprint density at radius 1 is 1.24 bits per heavy atom. The number of amides is 1. The first-order chi connectivity index (χ1) is 13.4. The standard InChI is InChI=1S/C20H27NO7S.H2/c1-14-8-10-16(11-9-14)29(24,25)26-13-18(27-15(2)22)17-7-6-12-21(17)19(23)28-20(3,4)5;/h6-11,17-18H,12-13H2,1-5H3;1H/t17?,18-;/m1./s1. The van der Waals surface area contributed by atoms with E-state index in [9.17, 15) is 18.0 Å². The van der Waals surface area contributed by atoms with Crippen LogP contribution in [0.25, 0.3) is 0 Å². The van der Waals surface area contributed by atoms with Crippen molar-refractivity contribution in [3.8, 4) is 0 Å². The normalized spacial score (nSPS) is 17.8. The van der Waals surface area contributed by atoms with Gasteiger partial charge in [-0.05, 0) is 39.8 Å². The summed E-state index contributed by atoms with van der Waals surface area (Å²) in [7, 11) is -4.05. The average molecular weight is 428 g/mol. The van der Waals surface area contributed by atoms with E-state index in [-0.39, 0.29) is 12.9 Å². The Morgan fingerprint density at radius 3 is 2.41 bits per heavy atom. The topological polar surface area (TPSA) is 99.2 Å². The van der Waals surface area contributed by atoms with Gasteiger partial charge in [0.1, 0.15) is 12.2 Å². The van der Waals surface area contributed by atoms with Crippen molar-refractivity contribution in [3.63, 3.8) is 0 Å². The van der Waals surface area contributed by atoms with Gasteiger partial charge in [0.25, 0.3) is 10.1 Å². The predicted octanol–water partition coefficient (Wildman–Crippen LogP) is 3.05. The molecule has 2 atom stereocenters. The molecule has 8 nitrogen and oxygen atoms in total. The average Bonchev–Trinajstić information content (AvgIpc) is 3.07. The number of hydrogen-bond donors (Lipinski definition) is 0. The molecule has 1 aliphatic heterocycles. The second-order valence-electron chi connectivity index (χ2n) is 7.75. The largest absolute Gasteiger partial charge is 0.457 e. The smallest absolute Gasteiger partial charge is 0.411 e. The van der Waals surface area contributed by atoms with E-state index in [0.717, 1.165) is 5.56 Å². The maximum Gasteiger partial charge on any atom is 0.411 e. The van der Waals surface area contributed by atoms with Crippen LogP contribution in [0.1, 0.15) is 34.7 Å². The van der Waals surface area contributed by atoms with Gasteiger partial charge in [-0.3, -0.25) is 13.9 Å². The minimum atomic E-state index is -4.05. The summed E-state index contributed by atoms with van der Waals surface area (Å²) in [4.78, 5) is 25.4. The summed E-state index contributed by atoms with van der Waals surface area (Å²) in [6.45, 7) is 8.08. The maximum absolute atomic E-state index is 12.5. The fourth-order valence-corrected chi connectivity index (χ4v) is 3.64. The Balaban J connectivity index is 0.00000450. The summed E-state index contributed by atoms with van der Waals surface area (Å²) < 4.78 is 40.7. The van der Waals surface area contributed by atoms with Crippen LogP contribution in [0.2, 0.25) is 0 Å². The minimum absolute atomic E-state index is 0. The van der Waals surface area contributed by atoms with Crippen LogP contribution in [0.4, 0.5) is 4.79 Å². The van der Waals surface area contributed by atoms with Crippen molar-refractivity contribution in [1.29, 1.82) is 0 Å². The predicted molar refractivity (Wildman–Crippen MR) is 108 cm³/mol. The second-order valence-corrected chi connectivity index (χ2v) is 9.37. The lowest BCUT2D eigenvalue weighted by molar-refractivity contribution is -0.150. The molecule has 2 rings (SSSR count). The summed E-state index contributed by atoms with van der Waals surface area (Å²) in [6, 6.07) is 5.48. The molecule has 1 aromatic rings. The number of carbonyl (C=O) groups is 2. The van der Waals surface area contributed by atoms with Crippen LogP contribution in [0, 0.1) is 6.92 Å². The summed E-state index contributed by atoms with van der Waals surface area (Å²) in [5.41, 5.74) is 0.206. The first kappa shape index (κ1) is 22.9. The van der Waals surface area contributed by atoms with E-state index in [1.54, 1.807) is 45.1 Å². The Kier molecular flexibility index (Phi) is 7.07. The minimum Gasteiger partial charge on any atom is -0.457 e. The van der Waals surface area contributed by atoms with Gasteiger partial charge in [-0.1, -0.05) is 29.8 Å². The molecule has 1 aromatic carbocycles. The third kappa shape index (κ3) is 6.57. The van der Waals surface area contributed by atoms with Crippen LogP contribution in [-0.2, 0) is 28.6 Å². The third-order valence-electron chi connectivity index (χ3n) is 4.02. The molecule has 29 heavy (non-hydrogen) atoms. The molecule has 0 radical (unpaired) electrons. The van der Waals surface area contributed by atoms with Crippen molar-refractivity contribution in [3.05, 3.63) is 42.0 Å². The molecule has 0 spiro atoms. The summed E-state index contributed by atoms with van der Waals surface area (Å²) in [6.07, 6.45) is 1.78. The molecule has 1 unspecified atom stereocenters. The molecule has 0 bridgehead atoms. The van der Waals surface area contributed by atoms with Crippen molar-refractivity contribution in [2.75, 3.05) is 13.2 Å². The van der Waals surface area contributed by atoms with Crippen LogP contribution >= 0.6 is 0 Å². The highest BCUT2D eigenvalue weighted by molar-refractivity contribution is 7.86. The second kappa shape index (κ2) is 8.96. The Bertz CT molecular complexity index is 875. The zero-order chi connectivity index (χ0) is 21.8. The molecule has 1 aliphatic rings. The molecular formula is C20H29NO7S. The molecule has 162 valence electrons. The van der Waals surface area contributed by atoms with Gasteiger partial charge in [-0.2, -0.15) is 8.42 Å². The summed E-state index contributed by atoms with van der Waals surface area (Å²) in [5, 5.41) is 0. The highest BCUT2D eigenvalue weighted by Gasteiger charge is 2.37. The first-order valence-electron chi connectivity index (χ1n) is 9.19. The number of ether oxygens (including phenoxy) is 2. The summed E-state index contributed by atoms with van der Waals surface area (Å²) >= 11 is 0. The van der Waals surface area contributed by atoms with Gasteiger partial charge in [-0.15, -0.1) is 0 Å². The molecule has 0 fully saturated rings. The van der Waals surface area contributed by atoms with Gasteiger partial charge in [0.05, 0.1) is 10.9 Å². The van der Waals surface area contributed by atoms with Gasteiger partial charge >= 0.3 is 12.1 Å². The van der Waals surface area contributed by atoms with Crippen molar-refractivity contribution in [2.24, 2.45) is 0 Å². The number of benzene rings is 1. The van der Waals surface area contributed by atoms with Crippen LogP contribution in [0.3, 0.4) is 0 Å². The lowest BCUT2D eigenvalue weighted by atomic mass is 10.1. The lowest BCUT2D eigenvalue weighted by Crippen LogP contribution is -2.48. The molecule has 0 saturated heterocycles.